The number of benzene rings is 1. The molecule has 4 rings (SSSR count). The molecule has 7 heteroatoms. The molecule has 2 aromatic heterocycles. The lowest BCUT2D eigenvalue weighted by atomic mass is 9.97. The molecule has 1 saturated heterocycles. The zero-order valence-electron chi connectivity index (χ0n) is 13.1. The Morgan fingerprint density at radius 1 is 1.04 bits per heavy atom. The molecule has 0 unspecified atom stereocenters. The standard InChI is InChI=1S/C17H17ClN6/c18-14-4-2-12(3-5-14)15-22-16(13-6-10-19-11-7-13)24(23-15)17-20-8-1-9-21-17/h1-5,8-9,13,19H,6-7,10-11H2. The van der Waals surface area contributed by atoms with Gasteiger partial charge >= 0.3 is 0 Å². The Kier molecular flexibility index (Phi) is 4.23. The van der Waals surface area contributed by atoms with E-state index >= 15 is 0 Å². The number of piperidine rings is 1. The number of nitrogens with one attached hydrogen (secondary N) is 1. The third-order valence-electron chi connectivity index (χ3n) is 4.18. The highest BCUT2D eigenvalue weighted by Gasteiger charge is 2.24. The summed E-state index contributed by atoms with van der Waals surface area (Å²) in [6.45, 7) is 1.98. The lowest BCUT2D eigenvalue weighted by Crippen LogP contribution is -2.28. The molecule has 24 heavy (non-hydrogen) atoms. The molecule has 1 fully saturated rings. The van der Waals surface area contributed by atoms with E-state index in [0.29, 0.717) is 22.7 Å². The maximum absolute atomic E-state index is 5.98. The van der Waals surface area contributed by atoms with Crippen molar-refractivity contribution in [1.82, 2.24) is 30.0 Å². The second kappa shape index (κ2) is 6.67. The van der Waals surface area contributed by atoms with Crippen molar-refractivity contribution in [3.8, 4) is 17.3 Å². The summed E-state index contributed by atoms with van der Waals surface area (Å²) in [5, 5.41) is 8.76. The predicted molar refractivity (Wildman–Crippen MR) is 92.2 cm³/mol. The van der Waals surface area contributed by atoms with E-state index in [-0.39, 0.29) is 0 Å². The Morgan fingerprint density at radius 3 is 2.46 bits per heavy atom. The quantitative estimate of drug-likeness (QED) is 0.794. The van der Waals surface area contributed by atoms with Crippen molar-refractivity contribution >= 4 is 11.6 Å². The van der Waals surface area contributed by atoms with Gasteiger partial charge in [-0.25, -0.2) is 15.0 Å². The fraction of sp³-hybridized carbons (Fsp3) is 0.294. The SMILES string of the molecule is Clc1ccc(-c2nc(C3CCNCC3)n(-c3ncccn3)n2)cc1. The average Bonchev–Trinajstić information content (AvgIpc) is 3.09. The molecule has 0 aliphatic carbocycles. The fourth-order valence-electron chi connectivity index (χ4n) is 2.94. The Balaban J connectivity index is 1.79. The number of hydrogen-bond acceptors (Lipinski definition) is 5. The minimum absolute atomic E-state index is 0.351. The number of rotatable bonds is 3. The maximum atomic E-state index is 5.98. The van der Waals surface area contributed by atoms with Gasteiger partial charge in [-0.15, -0.1) is 5.10 Å². The molecule has 3 aromatic rings. The summed E-state index contributed by atoms with van der Waals surface area (Å²) in [4.78, 5) is 13.5. The zero-order valence-corrected chi connectivity index (χ0v) is 13.8. The summed E-state index contributed by atoms with van der Waals surface area (Å²) in [5.74, 6) is 2.50. The van der Waals surface area contributed by atoms with E-state index in [1.807, 2.05) is 24.3 Å². The summed E-state index contributed by atoms with van der Waals surface area (Å²) in [5.41, 5.74) is 0.935. The average molecular weight is 341 g/mol. The topological polar surface area (TPSA) is 68.5 Å². The van der Waals surface area contributed by atoms with Crippen LogP contribution in [0.25, 0.3) is 17.3 Å². The van der Waals surface area contributed by atoms with Crippen LogP contribution < -0.4 is 5.32 Å². The normalized spacial score (nSPS) is 15.5. The third kappa shape index (κ3) is 3.02. The first-order chi connectivity index (χ1) is 11.8. The van der Waals surface area contributed by atoms with Crippen LogP contribution in [0.2, 0.25) is 5.02 Å². The van der Waals surface area contributed by atoms with Gasteiger partial charge in [0.05, 0.1) is 0 Å². The smallest absolute Gasteiger partial charge is 0.252 e. The van der Waals surface area contributed by atoms with Crippen LogP contribution in [0.1, 0.15) is 24.6 Å². The molecule has 0 atom stereocenters. The number of aromatic nitrogens is 5. The summed E-state index contributed by atoms with van der Waals surface area (Å²) in [6.07, 6.45) is 5.51. The Labute approximate surface area is 144 Å². The molecule has 6 nitrogen and oxygen atoms in total. The highest BCUT2D eigenvalue weighted by atomic mass is 35.5. The van der Waals surface area contributed by atoms with E-state index in [9.17, 15) is 0 Å². The Hall–Kier alpha value is -2.31. The van der Waals surface area contributed by atoms with Crippen molar-refractivity contribution in [2.45, 2.75) is 18.8 Å². The summed E-state index contributed by atoms with van der Waals surface area (Å²) >= 11 is 5.98. The summed E-state index contributed by atoms with van der Waals surface area (Å²) in [7, 11) is 0. The van der Waals surface area contributed by atoms with Gasteiger partial charge in [-0.2, -0.15) is 4.68 Å². The van der Waals surface area contributed by atoms with Gasteiger partial charge in [-0.1, -0.05) is 11.6 Å². The summed E-state index contributed by atoms with van der Waals surface area (Å²) in [6, 6.07) is 9.35. The molecular formula is C17H17ClN6. The van der Waals surface area contributed by atoms with Crippen molar-refractivity contribution in [3.63, 3.8) is 0 Å². The lowest BCUT2D eigenvalue weighted by Gasteiger charge is -2.21. The monoisotopic (exact) mass is 340 g/mol. The first kappa shape index (κ1) is 15.2. The molecular weight excluding hydrogens is 324 g/mol. The zero-order chi connectivity index (χ0) is 16.4. The van der Waals surface area contributed by atoms with Crippen molar-refractivity contribution in [2.75, 3.05) is 13.1 Å². The van der Waals surface area contributed by atoms with Crippen LogP contribution in [0.4, 0.5) is 0 Å². The molecule has 0 spiro atoms. The second-order valence-electron chi connectivity index (χ2n) is 5.79. The van der Waals surface area contributed by atoms with Crippen molar-refractivity contribution in [3.05, 3.63) is 53.6 Å². The highest BCUT2D eigenvalue weighted by molar-refractivity contribution is 6.30. The molecule has 0 saturated carbocycles. The molecule has 1 aromatic carbocycles. The minimum Gasteiger partial charge on any atom is -0.317 e. The number of hydrogen-bond donors (Lipinski definition) is 1. The van der Waals surface area contributed by atoms with Gasteiger partial charge in [0, 0.05) is 28.9 Å². The summed E-state index contributed by atoms with van der Waals surface area (Å²) < 4.78 is 1.78. The molecule has 0 radical (unpaired) electrons. The highest BCUT2D eigenvalue weighted by Crippen LogP contribution is 2.28. The number of halogens is 1. The van der Waals surface area contributed by atoms with E-state index in [1.165, 1.54) is 0 Å². The molecule has 1 aliphatic heterocycles. The van der Waals surface area contributed by atoms with E-state index < -0.39 is 0 Å². The maximum Gasteiger partial charge on any atom is 0.252 e. The van der Waals surface area contributed by atoms with Crippen molar-refractivity contribution in [2.24, 2.45) is 0 Å². The first-order valence-corrected chi connectivity index (χ1v) is 8.40. The van der Waals surface area contributed by atoms with E-state index in [1.54, 1.807) is 23.1 Å². The van der Waals surface area contributed by atoms with Gasteiger partial charge < -0.3 is 5.32 Å². The van der Waals surface area contributed by atoms with Gasteiger partial charge in [0.25, 0.3) is 5.95 Å². The van der Waals surface area contributed by atoms with Gasteiger partial charge in [0.2, 0.25) is 0 Å². The molecule has 0 amide bonds. The minimum atomic E-state index is 0.351. The molecule has 3 heterocycles. The van der Waals surface area contributed by atoms with Gasteiger partial charge in [-0.05, 0) is 56.3 Å². The molecule has 1 N–H and O–H groups in total. The second-order valence-corrected chi connectivity index (χ2v) is 6.22. The Bertz CT molecular complexity index is 809. The van der Waals surface area contributed by atoms with E-state index in [0.717, 1.165) is 37.3 Å². The van der Waals surface area contributed by atoms with E-state index in [2.05, 4.69) is 20.4 Å². The van der Waals surface area contributed by atoms with Crippen LogP contribution in [0.5, 0.6) is 0 Å². The molecule has 1 aliphatic rings. The van der Waals surface area contributed by atoms with Gasteiger partial charge in [-0.3, -0.25) is 0 Å². The van der Waals surface area contributed by atoms with Crippen LogP contribution in [0, 0.1) is 0 Å². The lowest BCUT2D eigenvalue weighted by molar-refractivity contribution is 0.437. The van der Waals surface area contributed by atoms with Crippen LogP contribution in [-0.2, 0) is 0 Å². The first-order valence-electron chi connectivity index (χ1n) is 8.02. The van der Waals surface area contributed by atoms with E-state index in [4.69, 9.17) is 16.6 Å². The van der Waals surface area contributed by atoms with Gasteiger partial charge in [0.15, 0.2) is 5.82 Å². The van der Waals surface area contributed by atoms with Crippen molar-refractivity contribution in [1.29, 1.82) is 0 Å². The van der Waals surface area contributed by atoms with Crippen LogP contribution in [0.3, 0.4) is 0 Å². The molecule has 122 valence electrons. The number of nitrogens with zero attached hydrogens (tertiary/aromatic N) is 5. The fourth-order valence-corrected chi connectivity index (χ4v) is 3.06. The van der Waals surface area contributed by atoms with Crippen LogP contribution >= 0.6 is 11.6 Å². The van der Waals surface area contributed by atoms with Crippen LogP contribution in [-0.4, -0.2) is 37.8 Å². The predicted octanol–water partition coefficient (Wildman–Crippen LogP) is 2.84. The van der Waals surface area contributed by atoms with Gasteiger partial charge in [0.1, 0.15) is 5.82 Å². The largest absolute Gasteiger partial charge is 0.317 e. The Morgan fingerprint density at radius 2 is 1.75 bits per heavy atom. The van der Waals surface area contributed by atoms with Crippen LogP contribution in [0.15, 0.2) is 42.7 Å². The molecule has 0 bridgehead atoms. The van der Waals surface area contributed by atoms with Crippen molar-refractivity contribution < 1.29 is 0 Å². The third-order valence-corrected chi connectivity index (χ3v) is 4.43.